The van der Waals surface area contributed by atoms with E-state index in [4.69, 9.17) is 0 Å². The van der Waals surface area contributed by atoms with E-state index in [9.17, 15) is 4.79 Å². The molecule has 0 radical (unpaired) electrons. The van der Waals surface area contributed by atoms with Crippen LogP contribution in [0.2, 0.25) is 0 Å². The number of thiophene rings is 1. The second kappa shape index (κ2) is 5.57. The van der Waals surface area contributed by atoms with Crippen LogP contribution in [0, 0.1) is 13.8 Å². The van der Waals surface area contributed by atoms with Gasteiger partial charge in [0.2, 0.25) is 0 Å². The number of aromatic nitrogens is 2. The summed E-state index contributed by atoms with van der Waals surface area (Å²) in [6.07, 6.45) is 3.36. The van der Waals surface area contributed by atoms with Crippen LogP contribution < -0.4 is 10.9 Å². The summed E-state index contributed by atoms with van der Waals surface area (Å²) in [5.74, 6) is 0.417. The van der Waals surface area contributed by atoms with E-state index in [0.29, 0.717) is 12.4 Å². The molecule has 0 amide bonds. The van der Waals surface area contributed by atoms with Crippen LogP contribution in [0.4, 0.5) is 5.82 Å². The fraction of sp³-hybridized carbons (Fsp3) is 0.429. The smallest absolute Gasteiger partial charge is 0.293 e. The van der Waals surface area contributed by atoms with Gasteiger partial charge in [-0.1, -0.05) is 0 Å². The molecule has 0 spiro atoms. The van der Waals surface area contributed by atoms with E-state index in [2.05, 4.69) is 37.1 Å². The highest BCUT2D eigenvalue weighted by molar-refractivity contribution is 7.12. The summed E-state index contributed by atoms with van der Waals surface area (Å²) in [4.78, 5) is 18.8. The Balaban J connectivity index is 2.26. The van der Waals surface area contributed by atoms with Gasteiger partial charge in [0.1, 0.15) is 0 Å². The summed E-state index contributed by atoms with van der Waals surface area (Å²) in [7, 11) is 0. The van der Waals surface area contributed by atoms with E-state index in [1.807, 2.05) is 6.92 Å². The zero-order chi connectivity index (χ0) is 14.0. The van der Waals surface area contributed by atoms with E-state index in [-0.39, 0.29) is 11.6 Å². The number of aryl methyl sites for hydroxylation is 3. The second-order valence-corrected chi connectivity index (χ2v) is 6.06. The van der Waals surface area contributed by atoms with Crippen LogP contribution in [0.1, 0.15) is 35.2 Å². The summed E-state index contributed by atoms with van der Waals surface area (Å²) in [6, 6.07) is 2.25. The minimum Gasteiger partial charge on any atom is -0.359 e. The van der Waals surface area contributed by atoms with E-state index in [0.717, 1.165) is 0 Å². The minimum absolute atomic E-state index is 0.0681. The third-order valence-electron chi connectivity index (χ3n) is 3.15. The molecule has 0 saturated heterocycles. The van der Waals surface area contributed by atoms with Gasteiger partial charge in [-0.05, 0) is 39.3 Å². The Hall–Kier alpha value is -1.62. The van der Waals surface area contributed by atoms with Crippen LogP contribution in [-0.2, 0) is 6.54 Å². The topological polar surface area (TPSA) is 46.9 Å². The molecule has 2 heterocycles. The first kappa shape index (κ1) is 13.8. The highest BCUT2D eigenvalue weighted by Gasteiger charge is 2.13. The van der Waals surface area contributed by atoms with Crippen LogP contribution in [0.3, 0.4) is 0 Å². The molecule has 5 heteroatoms. The molecular weight excluding hydrogens is 258 g/mol. The van der Waals surface area contributed by atoms with E-state index < -0.39 is 0 Å². The first-order valence-corrected chi connectivity index (χ1v) is 7.23. The van der Waals surface area contributed by atoms with Crippen molar-refractivity contribution >= 4 is 17.2 Å². The molecule has 2 aromatic heterocycles. The first-order valence-electron chi connectivity index (χ1n) is 6.41. The zero-order valence-corrected chi connectivity index (χ0v) is 12.5. The number of nitrogens with zero attached hydrogens (tertiary/aromatic N) is 2. The van der Waals surface area contributed by atoms with Gasteiger partial charge in [0.25, 0.3) is 5.56 Å². The normalized spacial score (nSPS) is 12.4. The summed E-state index contributed by atoms with van der Waals surface area (Å²) in [5.41, 5.74) is 1.16. The van der Waals surface area contributed by atoms with Crippen molar-refractivity contribution in [1.29, 1.82) is 0 Å². The molecule has 1 unspecified atom stereocenters. The fourth-order valence-electron chi connectivity index (χ4n) is 2.16. The molecule has 102 valence electrons. The highest BCUT2D eigenvalue weighted by atomic mass is 32.1. The Morgan fingerprint density at radius 3 is 2.79 bits per heavy atom. The van der Waals surface area contributed by atoms with Crippen LogP contribution >= 0.6 is 11.3 Å². The average molecular weight is 277 g/mol. The Kier molecular flexibility index (Phi) is 4.04. The van der Waals surface area contributed by atoms with Crippen molar-refractivity contribution in [1.82, 2.24) is 9.55 Å². The molecule has 1 atom stereocenters. The van der Waals surface area contributed by atoms with E-state index in [1.165, 1.54) is 15.3 Å². The maximum Gasteiger partial charge on any atom is 0.293 e. The van der Waals surface area contributed by atoms with Crippen molar-refractivity contribution in [2.24, 2.45) is 0 Å². The predicted octanol–water partition coefficient (Wildman–Crippen LogP) is 3.11. The molecule has 0 aliphatic rings. The van der Waals surface area contributed by atoms with Gasteiger partial charge >= 0.3 is 0 Å². The lowest BCUT2D eigenvalue weighted by molar-refractivity contribution is 0.714. The summed E-state index contributed by atoms with van der Waals surface area (Å²) in [6.45, 7) is 8.85. The lowest BCUT2D eigenvalue weighted by Gasteiger charge is -2.14. The fourth-order valence-corrected chi connectivity index (χ4v) is 3.18. The van der Waals surface area contributed by atoms with E-state index >= 15 is 0 Å². The van der Waals surface area contributed by atoms with Crippen molar-refractivity contribution < 1.29 is 0 Å². The maximum atomic E-state index is 12.1. The van der Waals surface area contributed by atoms with Gasteiger partial charge in [-0.3, -0.25) is 4.79 Å². The average Bonchev–Trinajstić information content (AvgIpc) is 2.71. The molecule has 2 rings (SSSR count). The van der Waals surface area contributed by atoms with Gasteiger partial charge in [-0.2, -0.15) is 0 Å². The standard InChI is InChI=1S/C14H19N3OS/c1-5-17-7-6-15-13(14(17)18)16-10(3)12-8-9(2)19-11(12)4/h6-8,10H,5H2,1-4H3,(H,15,16). The third-order valence-corrected chi connectivity index (χ3v) is 4.14. The Morgan fingerprint density at radius 1 is 1.47 bits per heavy atom. The van der Waals surface area contributed by atoms with Crippen LogP contribution in [-0.4, -0.2) is 9.55 Å². The molecule has 0 saturated carbocycles. The third kappa shape index (κ3) is 2.87. The number of hydrogen-bond acceptors (Lipinski definition) is 4. The van der Waals surface area contributed by atoms with Crippen LogP contribution in [0.25, 0.3) is 0 Å². The van der Waals surface area contributed by atoms with Gasteiger partial charge in [0.05, 0.1) is 6.04 Å². The van der Waals surface area contributed by atoms with Crippen LogP contribution in [0.15, 0.2) is 23.3 Å². The Bertz CT molecular complexity index is 630. The number of anilines is 1. The van der Waals surface area contributed by atoms with Crippen molar-refractivity contribution in [2.45, 2.75) is 40.3 Å². The molecule has 0 aliphatic carbocycles. The van der Waals surface area contributed by atoms with Crippen LogP contribution in [0.5, 0.6) is 0 Å². The molecule has 19 heavy (non-hydrogen) atoms. The lowest BCUT2D eigenvalue weighted by atomic mass is 10.1. The number of nitrogens with one attached hydrogen (secondary N) is 1. The second-order valence-electron chi connectivity index (χ2n) is 4.60. The highest BCUT2D eigenvalue weighted by Crippen LogP contribution is 2.27. The molecule has 4 nitrogen and oxygen atoms in total. The largest absolute Gasteiger partial charge is 0.359 e. The molecule has 0 aliphatic heterocycles. The van der Waals surface area contributed by atoms with Gasteiger partial charge in [0.15, 0.2) is 5.82 Å². The van der Waals surface area contributed by atoms with Crippen molar-refractivity contribution in [3.05, 3.63) is 44.1 Å². The molecule has 0 aromatic carbocycles. The number of rotatable bonds is 4. The molecule has 2 aromatic rings. The quantitative estimate of drug-likeness (QED) is 0.934. The van der Waals surface area contributed by atoms with E-state index in [1.54, 1.807) is 28.3 Å². The van der Waals surface area contributed by atoms with Gasteiger partial charge in [0, 0.05) is 28.7 Å². The molecule has 0 fully saturated rings. The predicted molar refractivity (Wildman–Crippen MR) is 80.0 cm³/mol. The van der Waals surface area contributed by atoms with Crippen molar-refractivity contribution in [2.75, 3.05) is 5.32 Å². The monoisotopic (exact) mass is 277 g/mol. The summed E-state index contributed by atoms with van der Waals surface area (Å²) >= 11 is 1.78. The number of hydrogen-bond donors (Lipinski definition) is 1. The van der Waals surface area contributed by atoms with Crippen molar-refractivity contribution in [3.63, 3.8) is 0 Å². The molecule has 1 N–H and O–H groups in total. The SMILES string of the molecule is CCn1ccnc(NC(C)c2cc(C)sc2C)c1=O. The zero-order valence-electron chi connectivity index (χ0n) is 11.7. The van der Waals surface area contributed by atoms with Gasteiger partial charge in [-0.25, -0.2) is 4.98 Å². The van der Waals surface area contributed by atoms with Crippen molar-refractivity contribution in [3.8, 4) is 0 Å². The molecular formula is C14H19N3OS. The maximum absolute atomic E-state index is 12.1. The summed E-state index contributed by atoms with van der Waals surface area (Å²) < 4.78 is 1.65. The van der Waals surface area contributed by atoms with Gasteiger partial charge < -0.3 is 9.88 Å². The molecule has 0 bridgehead atoms. The first-order chi connectivity index (χ1) is 9.02. The summed E-state index contributed by atoms with van der Waals surface area (Å²) in [5, 5.41) is 3.22. The van der Waals surface area contributed by atoms with Gasteiger partial charge in [-0.15, -0.1) is 11.3 Å². The Morgan fingerprint density at radius 2 is 2.21 bits per heavy atom. The minimum atomic E-state index is -0.0681. The lowest BCUT2D eigenvalue weighted by Crippen LogP contribution is -2.24. The Labute approximate surface area is 117 Å².